The lowest BCUT2D eigenvalue weighted by Gasteiger charge is -2.24. The maximum absolute atomic E-state index is 3.63. The number of benzene rings is 1. The number of rotatable bonds is 3. The van der Waals surface area contributed by atoms with E-state index in [9.17, 15) is 0 Å². The van der Waals surface area contributed by atoms with Crippen molar-refractivity contribution in [2.75, 3.05) is 25.0 Å². The molecule has 19 heavy (non-hydrogen) atoms. The molecule has 1 fully saturated rings. The Labute approximate surface area is 118 Å². The van der Waals surface area contributed by atoms with Gasteiger partial charge in [0.25, 0.3) is 0 Å². The van der Waals surface area contributed by atoms with E-state index in [0.29, 0.717) is 0 Å². The molecular weight excluding hydrogens is 232 g/mol. The lowest BCUT2D eigenvalue weighted by molar-refractivity contribution is 0.390. The van der Waals surface area contributed by atoms with E-state index in [0.717, 1.165) is 12.5 Å². The Morgan fingerprint density at radius 3 is 2.47 bits per heavy atom. The molecule has 0 bridgehead atoms. The van der Waals surface area contributed by atoms with E-state index in [1.54, 1.807) is 0 Å². The van der Waals surface area contributed by atoms with Crippen molar-refractivity contribution in [1.29, 1.82) is 0 Å². The summed E-state index contributed by atoms with van der Waals surface area (Å²) in [7, 11) is 0. The molecule has 1 saturated heterocycles. The van der Waals surface area contributed by atoms with Crippen LogP contribution < -0.4 is 10.6 Å². The molecule has 0 amide bonds. The number of anilines is 1. The van der Waals surface area contributed by atoms with Gasteiger partial charge in [0.1, 0.15) is 0 Å². The quantitative estimate of drug-likeness (QED) is 0.866. The molecule has 2 N–H and O–H groups in total. The van der Waals surface area contributed by atoms with Crippen LogP contribution in [0.25, 0.3) is 0 Å². The molecule has 2 nitrogen and oxygen atoms in total. The van der Waals surface area contributed by atoms with Gasteiger partial charge in [-0.15, -0.1) is 0 Å². The lowest BCUT2D eigenvalue weighted by Crippen LogP contribution is -2.31. The van der Waals surface area contributed by atoms with Gasteiger partial charge in [-0.3, -0.25) is 0 Å². The predicted molar refractivity (Wildman–Crippen MR) is 84.0 cm³/mol. The molecule has 2 rings (SSSR count). The molecule has 0 radical (unpaired) electrons. The van der Waals surface area contributed by atoms with Crippen molar-refractivity contribution >= 4 is 5.69 Å². The van der Waals surface area contributed by atoms with Crippen LogP contribution in [0.4, 0.5) is 5.69 Å². The minimum Gasteiger partial charge on any atom is -0.385 e. The van der Waals surface area contributed by atoms with E-state index in [4.69, 9.17) is 0 Å². The van der Waals surface area contributed by atoms with Gasteiger partial charge in [0, 0.05) is 12.2 Å². The lowest BCUT2D eigenvalue weighted by atomic mass is 9.86. The summed E-state index contributed by atoms with van der Waals surface area (Å²) in [5.74, 6) is 0.822. The van der Waals surface area contributed by atoms with Crippen molar-refractivity contribution < 1.29 is 0 Å². The van der Waals surface area contributed by atoms with Crippen molar-refractivity contribution in [2.24, 2.45) is 5.92 Å². The van der Waals surface area contributed by atoms with Crippen LogP contribution in [0.1, 0.15) is 44.7 Å². The normalized spacial score (nSPS) is 17.5. The Morgan fingerprint density at radius 1 is 1.21 bits per heavy atom. The second kappa shape index (κ2) is 5.96. The number of hydrogen-bond acceptors (Lipinski definition) is 2. The van der Waals surface area contributed by atoms with E-state index < -0.39 is 0 Å². The van der Waals surface area contributed by atoms with Crippen molar-refractivity contribution in [1.82, 2.24) is 5.32 Å². The minimum absolute atomic E-state index is 0.234. The maximum atomic E-state index is 3.63. The van der Waals surface area contributed by atoms with E-state index in [1.165, 1.54) is 42.7 Å². The largest absolute Gasteiger partial charge is 0.385 e. The van der Waals surface area contributed by atoms with E-state index in [2.05, 4.69) is 56.5 Å². The summed E-state index contributed by atoms with van der Waals surface area (Å²) in [6, 6.07) is 6.83. The topological polar surface area (TPSA) is 24.1 Å². The number of piperidine rings is 1. The third-order valence-electron chi connectivity index (χ3n) is 4.13. The van der Waals surface area contributed by atoms with Crippen molar-refractivity contribution in [3.63, 3.8) is 0 Å². The smallest absolute Gasteiger partial charge is 0.0370 e. The van der Waals surface area contributed by atoms with Gasteiger partial charge in [0.2, 0.25) is 0 Å². The second-order valence-electron chi connectivity index (χ2n) is 6.85. The highest BCUT2D eigenvalue weighted by molar-refractivity contribution is 5.53. The van der Waals surface area contributed by atoms with Gasteiger partial charge < -0.3 is 10.6 Å². The fraction of sp³-hybridized carbons (Fsp3) is 0.647. The molecule has 0 unspecified atom stereocenters. The first-order valence-electron chi connectivity index (χ1n) is 7.52. The SMILES string of the molecule is Cc1cc(C(C)(C)C)ccc1NCC1CCNCC1. The van der Waals surface area contributed by atoms with Crippen LogP contribution in [0.3, 0.4) is 0 Å². The zero-order chi connectivity index (χ0) is 13.9. The number of hydrogen-bond donors (Lipinski definition) is 2. The predicted octanol–water partition coefficient (Wildman–Crippen LogP) is 3.70. The van der Waals surface area contributed by atoms with Gasteiger partial charge in [-0.25, -0.2) is 0 Å². The summed E-state index contributed by atoms with van der Waals surface area (Å²) in [5, 5.41) is 7.05. The highest BCUT2D eigenvalue weighted by Crippen LogP contribution is 2.26. The molecule has 1 aromatic rings. The molecule has 2 heteroatoms. The first-order chi connectivity index (χ1) is 8.97. The first-order valence-corrected chi connectivity index (χ1v) is 7.52. The summed E-state index contributed by atoms with van der Waals surface area (Å²) in [6.07, 6.45) is 2.60. The average Bonchev–Trinajstić information content (AvgIpc) is 2.37. The molecule has 1 heterocycles. The van der Waals surface area contributed by atoms with Crippen LogP contribution in [-0.4, -0.2) is 19.6 Å². The Bertz CT molecular complexity index is 412. The Balaban J connectivity index is 1.97. The highest BCUT2D eigenvalue weighted by Gasteiger charge is 2.15. The van der Waals surface area contributed by atoms with Crippen molar-refractivity contribution in [2.45, 2.75) is 46.0 Å². The van der Waals surface area contributed by atoms with Crippen molar-refractivity contribution in [3.8, 4) is 0 Å². The summed E-state index contributed by atoms with van der Waals surface area (Å²) in [6.45, 7) is 12.5. The minimum atomic E-state index is 0.234. The third kappa shape index (κ3) is 3.97. The van der Waals surface area contributed by atoms with Crippen molar-refractivity contribution in [3.05, 3.63) is 29.3 Å². The van der Waals surface area contributed by atoms with Gasteiger partial charge >= 0.3 is 0 Å². The molecule has 0 saturated carbocycles. The highest BCUT2D eigenvalue weighted by atomic mass is 14.9. The molecular formula is C17H28N2. The summed E-state index contributed by atoms with van der Waals surface area (Å²) in [4.78, 5) is 0. The summed E-state index contributed by atoms with van der Waals surface area (Å²) >= 11 is 0. The average molecular weight is 260 g/mol. The molecule has 0 aliphatic carbocycles. The number of nitrogens with one attached hydrogen (secondary N) is 2. The third-order valence-corrected chi connectivity index (χ3v) is 4.13. The molecule has 1 aromatic carbocycles. The van der Waals surface area contributed by atoms with Crippen LogP contribution in [0.15, 0.2) is 18.2 Å². The van der Waals surface area contributed by atoms with Gasteiger partial charge in [-0.2, -0.15) is 0 Å². The first kappa shape index (κ1) is 14.4. The molecule has 1 aliphatic rings. The van der Waals surface area contributed by atoms with E-state index >= 15 is 0 Å². The van der Waals surface area contributed by atoms with Crippen LogP contribution in [0.2, 0.25) is 0 Å². The molecule has 0 aromatic heterocycles. The standard InChI is InChI=1S/C17H28N2/c1-13-11-15(17(2,3)4)5-6-16(13)19-12-14-7-9-18-10-8-14/h5-6,11,14,18-19H,7-10,12H2,1-4H3. The molecule has 1 aliphatic heterocycles. The molecule has 0 atom stereocenters. The van der Waals surface area contributed by atoms with Gasteiger partial charge in [-0.1, -0.05) is 32.9 Å². The fourth-order valence-corrected chi connectivity index (χ4v) is 2.67. The molecule has 106 valence electrons. The fourth-order valence-electron chi connectivity index (χ4n) is 2.67. The van der Waals surface area contributed by atoms with Crippen LogP contribution in [0, 0.1) is 12.8 Å². The van der Waals surface area contributed by atoms with Gasteiger partial charge in [0.05, 0.1) is 0 Å². The molecule has 0 spiro atoms. The zero-order valence-corrected chi connectivity index (χ0v) is 12.8. The van der Waals surface area contributed by atoms with Crippen LogP contribution >= 0.6 is 0 Å². The summed E-state index contributed by atoms with van der Waals surface area (Å²) < 4.78 is 0. The Morgan fingerprint density at radius 2 is 1.89 bits per heavy atom. The second-order valence-corrected chi connectivity index (χ2v) is 6.85. The Hall–Kier alpha value is -1.02. The van der Waals surface area contributed by atoms with E-state index in [-0.39, 0.29) is 5.41 Å². The van der Waals surface area contributed by atoms with E-state index in [1.807, 2.05) is 0 Å². The maximum Gasteiger partial charge on any atom is 0.0370 e. The van der Waals surface area contributed by atoms with Crippen LogP contribution in [0.5, 0.6) is 0 Å². The Kier molecular flexibility index (Phi) is 4.51. The zero-order valence-electron chi connectivity index (χ0n) is 12.8. The van der Waals surface area contributed by atoms with Crippen LogP contribution in [-0.2, 0) is 5.41 Å². The van der Waals surface area contributed by atoms with Gasteiger partial charge in [-0.05, 0) is 61.4 Å². The van der Waals surface area contributed by atoms with Gasteiger partial charge in [0.15, 0.2) is 0 Å². The monoisotopic (exact) mass is 260 g/mol. The summed E-state index contributed by atoms with van der Waals surface area (Å²) in [5.41, 5.74) is 4.31. The number of aryl methyl sites for hydroxylation is 1.